The zero-order valence-electron chi connectivity index (χ0n) is 17.1. The van der Waals surface area contributed by atoms with Crippen molar-refractivity contribution in [3.05, 3.63) is 47.9 Å². The van der Waals surface area contributed by atoms with Crippen molar-refractivity contribution in [3.63, 3.8) is 0 Å². The van der Waals surface area contributed by atoms with Gasteiger partial charge in [-0.15, -0.1) is 0 Å². The molecule has 3 aromatic rings. The third-order valence-corrected chi connectivity index (χ3v) is 5.38. The highest BCUT2D eigenvalue weighted by Gasteiger charge is 2.21. The second kappa shape index (κ2) is 7.13. The van der Waals surface area contributed by atoms with E-state index in [0.717, 1.165) is 23.0 Å². The molecule has 5 nitrogen and oxygen atoms in total. The van der Waals surface area contributed by atoms with E-state index in [2.05, 4.69) is 40.3 Å². The number of aromatic nitrogens is 1. The van der Waals surface area contributed by atoms with Crippen LogP contribution in [0.4, 0.5) is 0 Å². The molecule has 2 N–H and O–H groups in total. The lowest BCUT2D eigenvalue weighted by molar-refractivity contribution is 0.0919. The number of rotatable bonds is 4. The van der Waals surface area contributed by atoms with Crippen LogP contribution >= 0.6 is 0 Å². The Morgan fingerprint density at radius 1 is 1.29 bits per heavy atom. The lowest BCUT2D eigenvalue weighted by Crippen LogP contribution is -2.40. The molecule has 1 amide bonds. The van der Waals surface area contributed by atoms with Crippen molar-refractivity contribution in [1.29, 1.82) is 0 Å². The van der Waals surface area contributed by atoms with Crippen molar-refractivity contribution in [1.82, 2.24) is 15.2 Å². The van der Waals surface area contributed by atoms with Crippen LogP contribution in [0.5, 0.6) is 0 Å². The van der Waals surface area contributed by atoms with Crippen molar-refractivity contribution in [2.24, 2.45) is 0 Å². The van der Waals surface area contributed by atoms with Crippen molar-refractivity contribution in [2.75, 3.05) is 6.54 Å². The van der Waals surface area contributed by atoms with Gasteiger partial charge >= 0.3 is 0 Å². The fourth-order valence-corrected chi connectivity index (χ4v) is 3.90. The van der Waals surface area contributed by atoms with Crippen LogP contribution in [0, 0.1) is 0 Å². The summed E-state index contributed by atoms with van der Waals surface area (Å²) < 4.78 is 5.68. The van der Waals surface area contributed by atoms with E-state index >= 15 is 0 Å². The normalized spacial score (nSPS) is 18.1. The Bertz CT molecular complexity index is 993. The maximum absolute atomic E-state index is 12.3. The van der Waals surface area contributed by atoms with Gasteiger partial charge in [0.1, 0.15) is 12.0 Å². The maximum Gasteiger partial charge on any atom is 0.254 e. The Hall–Kier alpha value is -2.53. The van der Waals surface area contributed by atoms with Gasteiger partial charge in [-0.05, 0) is 77.4 Å². The van der Waals surface area contributed by atoms with Gasteiger partial charge < -0.3 is 14.7 Å². The van der Waals surface area contributed by atoms with E-state index in [1.165, 1.54) is 31.3 Å². The molecule has 4 rings (SSSR count). The van der Waals surface area contributed by atoms with Crippen molar-refractivity contribution < 1.29 is 9.21 Å². The number of hydrogen-bond acceptors (Lipinski definition) is 3. The molecular weight excluding hydrogens is 350 g/mol. The molecule has 1 aliphatic rings. The first-order valence-electron chi connectivity index (χ1n) is 10.1. The van der Waals surface area contributed by atoms with Crippen molar-refractivity contribution in [3.8, 4) is 11.3 Å². The predicted molar refractivity (Wildman–Crippen MR) is 112 cm³/mol. The molecule has 0 aliphatic carbocycles. The van der Waals surface area contributed by atoms with Gasteiger partial charge in [-0.25, -0.2) is 0 Å². The zero-order valence-corrected chi connectivity index (χ0v) is 17.1. The van der Waals surface area contributed by atoms with Crippen LogP contribution in [0.2, 0.25) is 0 Å². The number of H-pyrrole nitrogens is 1. The van der Waals surface area contributed by atoms with Gasteiger partial charge in [-0.2, -0.15) is 0 Å². The third-order valence-electron chi connectivity index (χ3n) is 5.38. The fourth-order valence-electron chi connectivity index (χ4n) is 3.90. The molecule has 28 heavy (non-hydrogen) atoms. The molecule has 0 saturated carbocycles. The largest absolute Gasteiger partial charge is 0.464 e. The number of aromatic amines is 1. The van der Waals surface area contributed by atoms with E-state index in [9.17, 15) is 4.79 Å². The summed E-state index contributed by atoms with van der Waals surface area (Å²) in [4.78, 5) is 18.4. The highest BCUT2D eigenvalue weighted by Crippen LogP contribution is 2.28. The number of nitrogens with zero attached hydrogens (tertiary/aromatic N) is 1. The summed E-state index contributed by atoms with van der Waals surface area (Å²) in [7, 11) is 0. The number of carbonyl (C=O) groups excluding carboxylic acids is 1. The minimum atomic E-state index is -0.276. The Kier molecular flexibility index (Phi) is 4.79. The first kappa shape index (κ1) is 18.8. The lowest BCUT2D eigenvalue weighted by Gasteiger charge is -2.19. The summed E-state index contributed by atoms with van der Waals surface area (Å²) >= 11 is 0. The standard InChI is InChI=1S/C23H29N3O2/c1-15-6-5-9-26(15)13-19-11-17-10-16(7-8-20(17)24-19)21-12-18(14-28-21)22(27)25-23(2,3)4/h7-8,10-12,14-15,24H,5-6,9,13H2,1-4H3,(H,25,27). The van der Waals surface area contributed by atoms with Crippen LogP contribution in [-0.2, 0) is 6.54 Å². The topological polar surface area (TPSA) is 61.3 Å². The number of hydrogen-bond donors (Lipinski definition) is 2. The van der Waals surface area contributed by atoms with Gasteiger partial charge in [0.25, 0.3) is 5.91 Å². The van der Waals surface area contributed by atoms with Crippen molar-refractivity contribution >= 4 is 16.8 Å². The molecule has 0 spiro atoms. The molecule has 1 aliphatic heterocycles. The summed E-state index contributed by atoms with van der Waals surface area (Å²) in [5, 5.41) is 4.13. The number of carbonyl (C=O) groups is 1. The van der Waals surface area contributed by atoms with Crippen LogP contribution in [0.3, 0.4) is 0 Å². The number of benzene rings is 1. The Morgan fingerprint density at radius 3 is 2.82 bits per heavy atom. The molecular formula is C23H29N3O2. The van der Waals surface area contributed by atoms with Crippen LogP contribution < -0.4 is 5.32 Å². The summed E-state index contributed by atoms with van der Waals surface area (Å²) in [6.45, 7) is 10.3. The third kappa shape index (κ3) is 3.99. The predicted octanol–water partition coefficient (Wildman–Crippen LogP) is 4.94. The summed E-state index contributed by atoms with van der Waals surface area (Å²) in [5.74, 6) is 0.587. The quantitative estimate of drug-likeness (QED) is 0.675. The lowest BCUT2D eigenvalue weighted by atomic mass is 10.1. The minimum Gasteiger partial charge on any atom is -0.464 e. The van der Waals surface area contributed by atoms with Gasteiger partial charge in [0.05, 0.1) is 5.56 Å². The van der Waals surface area contributed by atoms with E-state index in [0.29, 0.717) is 17.4 Å². The fraction of sp³-hybridized carbons (Fsp3) is 0.435. The molecule has 3 heterocycles. The molecule has 0 bridgehead atoms. The maximum atomic E-state index is 12.3. The Labute approximate surface area is 166 Å². The van der Waals surface area contributed by atoms with E-state index < -0.39 is 0 Å². The first-order chi connectivity index (χ1) is 13.3. The smallest absolute Gasteiger partial charge is 0.254 e. The van der Waals surface area contributed by atoms with E-state index in [1.807, 2.05) is 32.9 Å². The Balaban J connectivity index is 1.54. The van der Waals surface area contributed by atoms with Crippen LogP contribution in [-0.4, -0.2) is 33.9 Å². The number of furan rings is 1. The molecule has 1 aromatic carbocycles. The summed E-state index contributed by atoms with van der Waals surface area (Å²) in [5.41, 5.74) is 3.61. The SMILES string of the molecule is CC1CCCN1Cc1cc2cc(-c3cc(C(=O)NC(C)(C)C)co3)ccc2[nH]1. The highest BCUT2D eigenvalue weighted by molar-refractivity contribution is 5.95. The van der Waals surface area contributed by atoms with E-state index in [1.54, 1.807) is 0 Å². The van der Waals surface area contributed by atoms with Gasteiger partial charge in [0.2, 0.25) is 0 Å². The van der Waals surface area contributed by atoms with Crippen molar-refractivity contribution in [2.45, 2.75) is 58.7 Å². The molecule has 2 aromatic heterocycles. The molecule has 1 unspecified atom stereocenters. The molecule has 5 heteroatoms. The first-order valence-corrected chi connectivity index (χ1v) is 10.1. The molecule has 148 valence electrons. The molecule has 1 atom stereocenters. The van der Waals surface area contributed by atoms with Gasteiger partial charge in [-0.1, -0.05) is 0 Å². The van der Waals surface area contributed by atoms with Crippen LogP contribution in [0.15, 0.2) is 41.0 Å². The van der Waals surface area contributed by atoms with Crippen LogP contribution in [0.25, 0.3) is 22.2 Å². The molecule has 1 saturated heterocycles. The van der Waals surface area contributed by atoms with Gasteiger partial charge in [0.15, 0.2) is 0 Å². The number of fused-ring (bicyclic) bond motifs is 1. The number of amides is 1. The summed E-state index contributed by atoms with van der Waals surface area (Å²) in [6.07, 6.45) is 4.10. The highest BCUT2D eigenvalue weighted by atomic mass is 16.3. The summed E-state index contributed by atoms with van der Waals surface area (Å²) in [6, 6.07) is 10.9. The molecule has 0 radical (unpaired) electrons. The zero-order chi connectivity index (χ0) is 19.9. The number of likely N-dealkylation sites (tertiary alicyclic amines) is 1. The minimum absolute atomic E-state index is 0.118. The average Bonchev–Trinajstić information content (AvgIpc) is 3.33. The second-order valence-electron chi connectivity index (χ2n) is 8.96. The average molecular weight is 380 g/mol. The second-order valence-corrected chi connectivity index (χ2v) is 8.96. The van der Waals surface area contributed by atoms with Gasteiger partial charge in [0, 0.05) is 40.3 Å². The number of nitrogens with one attached hydrogen (secondary N) is 2. The van der Waals surface area contributed by atoms with Crippen LogP contribution in [0.1, 0.15) is 56.6 Å². The van der Waals surface area contributed by atoms with Gasteiger partial charge in [-0.3, -0.25) is 9.69 Å². The monoisotopic (exact) mass is 379 g/mol. The van der Waals surface area contributed by atoms with E-state index in [4.69, 9.17) is 4.42 Å². The van der Waals surface area contributed by atoms with E-state index in [-0.39, 0.29) is 11.4 Å². The molecule has 1 fully saturated rings. The Morgan fingerprint density at radius 2 is 2.11 bits per heavy atom.